The van der Waals surface area contributed by atoms with Crippen LogP contribution in [0.3, 0.4) is 0 Å². The Morgan fingerprint density at radius 3 is 2.64 bits per heavy atom. The van der Waals surface area contributed by atoms with Crippen LogP contribution in [-0.4, -0.2) is 31.0 Å². The average molecular weight is 319 g/mol. The van der Waals surface area contributed by atoms with Crippen LogP contribution in [0, 0.1) is 11.7 Å². The standard InChI is InChI=1S/C16H18FN3OS/c1-18-15(21)12-6-8-20(9-7-12)16-19-14(10-22-16)11-2-4-13(17)5-3-11/h2-5,10,12H,6-9H2,1H3,(H,18,21). The van der Waals surface area contributed by atoms with Crippen molar-refractivity contribution in [3.63, 3.8) is 0 Å². The largest absolute Gasteiger partial charge is 0.359 e. The molecular formula is C16H18FN3OS. The first-order valence-corrected chi connectivity index (χ1v) is 8.23. The summed E-state index contributed by atoms with van der Waals surface area (Å²) < 4.78 is 13.0. The predicted octanol–water partition coefficient (Wildman–Crippen LogP) is 2.91. The minimum atomic E-state index is -0.240. The second kappa shape index (κ2) is 6.44. The van der Waals surface area contributed by atoms with E-state index in [2.05, 4.69) is 15.2 Å². The number of thiazole rings is 1. The van der Waals surface area contributed by atoms with Gasteiger partial charge in [-0.05, 0) is 37.1 Å². The summed E-state index contributed by atoms with van der Waals surface area (Å²) in [5.41, 5.74) is 1.79. The Labute approximate surface area is 133 Å². The number of benzene rings is 1. The van der Waals surface area contributed by atoms with Crippen molar-refractivity contribution in [2.45, 2.75) is 12.8 Å². The fourth-order valence-electron chi connectivity index (χ4n) is 2.70. The van der Waals surface area contributed by atoms with Crippen LogP contribution in [0.4, 0.5) is 9.52 Å². The topological polar surface area (TPSA) is 45.2 Å². The summed E-state index contributed by atoms with van der Waals surface area (Å²) in [6, 6.07) is 6.38. The molecule has 3 rings (SSSR count). The highest BCUT2D eigenvalue weighted by molar-refractivity contribution is 7.14. The van der Waals surface area contributed by atoms with Gasteiger partial charge in [-0.3, -0.25) is 4.79 Å². The molecule has 0 radical (unpaired) electrons. The Hall–Kier alpha value is -1.95. The number of amides is 1. The molecule has 0 aliphatic carbocycles. The van der Waals surface area contributed by atoms with Gasteiger partial charge in [-0.1, -0.05) is 0 Å². The van der Waals surface area contributed by atoms with E-state index in [-0.39, 0.29) is 17.6 Å². The van der Waals surface area contributed by atoms with Gasteiger partial charge >= 0.3 is 0 Å². The molecule has 0 bridgehead atoms. The van der Waals surface area contributed by atoms with Crippen molar-refractivity contribution in [3.8, 4) is 11.3 Å². The first kappa shape index (κ1) is 15.0. The number of anilines is 1. The van der Waals surface area contributed by atoms with E-state index in [9.17, 15) is 9.18 Å². The van der Waals surface area contributed by atoms with Crippen molar-refractivity contribution in [3.05, 3.63) is 35.5 Å². The summed E-state index contributed by atoms with van der Waals surface area (Å²) in [6.07, 6.45) is 1.70. The molecule has 22 heavy (non-hydrogen) atoms. The van der Waals surface area contributed by atoms with E-state index in [1.165, 1.54) is 12.1 Å². The molecule has 2 heterocycles. The average Bonchev–Trinajstić information content (AvgIpc) is 3.05. The maximum Gasteiger partial charge on any atom is 0.222 e. The summed E-state index contributed by atoms with van der Waals surface area (Å²) in [4.78, 5) is 18.5. The number of halogens is 1. The van der Waals surface area contributed by atoms with Crippen molar-refractivity contribution >= 4 is 22.4 Å². The van der Waals surface area contributed by atoms with Gasteiger partial charge in [0.25, 0.3) is 0 Å². The Kier molecular flexibility index (Phi) is 4.38. The van der Waals surface area contributed by atoms with Gasteiger partial charge < -0.3 is 10.2 Å². The Bertz CT molecular complexity index is 648. The molecular weight excluding hydrogens is 301 g/mol. The molecule has 1 aliphatic rings. The second-order valence-corrected chi connectivity index (χ2v) is 6.23. The molecule has 1 amide bonds. The summed E-state index contributed by atoms with van der Waals surface area (Å²) in [5, 5.41) is 5.68. The molecule has 1 aliphatic heterocycles. The van der Waals surface area contributed by atoms with Crippen molar-refractivity contribution < 1.29 is 9.18 Å². The second-order valence-electron chi connectivity index (χ2n) is 5.40. The van der Waals surface area contributed by atoms with E-state index in [0.29, 0.717) is 0 Å². The van der Waals surface area contributed by atoms with E-state index in [0.717, 1.165) is 42.3 Å². The number of carbonyl (C=O) groups excluding carboxylic acids is 1. The van der Waals surface area contributed by atoms with E-state index < -0.39 is 0 Å². The monoisotopic (exact) mass is 319 g/mol. The zero-order valence-electron chi connectivity index (χ0n) is 12.4. The predicted molar refractivity (Wildman–Crippen MR) is 86.5 cm³/mol. The van der Waals surface area contributed by atoms with Gasteiger partial charge in [-0.2, -0.15) is 0 Å². The molecule has 0 spiro atoms. The molecule has 6 heteroatoms. The van der Waals surface area contributed by atoms with Crippen LogP contribution in [0.1, 0.15) is 12.8 Å². The van der Waals surface area contributed by atoms with Crippen LogP contribution >= 0.6 is 11.3 Å². The highest BCUT2D eigenvalue weighted by Crippen LogP contribution is 2.30. The first-order valence-electron chi connectivity index (χ1n) is 7.35. The van der Waals surface area contributed by atoms with Crippen molar-refractivity contribution in [2.24, 2.45) is 5.92 Å². The van der Waals surface area contributed by atoms with Crippen LogP contribution < -0.4 is 10.2 Å². The summed E-state index contributed by atoms with van der Waals surface area (Å²) in [5.74, 6) is -0.000882. The third kappa shape index (κ3) is 3.11. The van der Waals surface area contributed by atoms with Crippen molar-refractivity contribution in [1.82, 2.24) is 10.3 Å². The summed E-state index contributed by atoms with van der Waals surface area (Å²) in [6.45, 7) is 1.68. The Morgan fingerprint density at radius 1 is 1.32 bits per heavy atom. The highest BCUT2D eigenvalue weighted by Gasteiger charge is 2.25. The lowest BCUT2D eigenvalue weighted by molar-refractivity contribution is -0.125. The van der Waals surface area contributed by atoms with Gasteiger partial charge in [0.1, 0.15) is 5.82 Å². The van der Waals surface area contributed by atoms with E-state index in [1.54, 1.807) is 30.5 Å². The normalized spacial score (nSPS) is 15.8. The third-order valence-electron chi connectivity index (χ3n) is 4.01. The van der Waals surface area contributed by atoms with Gasteiger partial charge in [0.2, 0.25) is 5.91 Å². The maximum absolute atomic E-state index is 13.0. The van der Waals surface area contributed by atoms with Gasteiger partial charge in [0.15, 0.2) is 5.13 Å². The lowest BCUT2D eigenvalue weighted by Crippen LogP contribution is -2.39. The number of nitrogens with one attached hydrogen (secondary N) is 1. The van der Waals surface area contributed by atoms with Crippen molar-refractivity contribution in [2.75, 3.05) is 25.0 Å². The van der Waals surface area contributed by atoms with E-state index in [4.69, 9.17) is 0 Å². The summed E-state index contributed by atoms with van der Waals surface area (Å²) in [7, 11) is 1.69. The number of piperidine rings is 1. The minimum absolute atomic E-state index is 0.109. The molecule has 0 atom stereocenters. The van der Waals surface area contributed by atoms with Crippen LogP contribution in [-0.2, 0) is 4.79 Å². The zero-order chi connectivity index (χ0) is 15.5. The fraction of sp³-hybridized carbons (Fsp3) is 0.375. The van der Waals surface area contributed by atoms with Gasteiger partial charge in [-0.25, -0.2) is 9.37 Å². The van der Waals surface area contributed by atoms with Crippen LogP contribution in [0.25, 0.3) is 11.3 Å². The third-order valence-corrected chi connectivity index (χ3v) is 4.92. The van der Waals surface area contributed by atoms with Gasteiger partial charge in [-0.15, -0.1) is 11.3 Å². The van der Waals surface area contributed by atoms with Gasteiger partial charge in [0.05, 0.1) is 5.69 Å². The van der Waals surface area contributed by atoms with E-state index >= 15 is 0 Å². The zero-order valence-corrected chi connectivity index (χ0v) is 13.2. The molecule has 1 aromatic carbocycles. The molecule has 1 fully saturated rings. The number of hydrogen-bond donors (Lipinski definition) is 1. The van der Waals surface area contributed by atoms with Crippen LogP contribution in [0.15, 0.2) is 29.6 Å². The quantitative estimate of drug-likeness (QED) is 0.946. The molecule has 116 valence electrons. The molecule has 4 nitrogen and oxygen atoms in total. The highest BCUT2D eigenvalue weighted by atomic mass is 32.1. The number of aromatic nitrogens is 1. The molecule has 1 N–H and O–H groups in total. The first-order chi connectivity index (χ1) is 10.7. The van der Waals surface area contributed by atoms with Gasteiger partial charge in [0, 0.05) is 37.0 Å². The van der Waals surface area contributed by atoms with Crippen LogP contribution in [0.2, 0.25) is 0 Å². The number of nitrogens with zero attached hydrogens (tertiary/aromatic N) is 2. The fourth-order valence-corrected chi connectivity index (χ4v) is 3.59. The molecule has 1 saturated heterocycles. The molecule has 0 unspecified atom stereocenters. The van der Waals surface area contributed by atoms with Crippen LogP contribution in [0.5, 0.6) is 0 Å². The molecule has 0 saturated carbocycles. The number of hydrogen-bond acceptors (Lipinski definition) is 4. The lowest BCUT2D eigenvalue weighted by atomic mass is 9.96. The molecule has 2 aromatic rings. The Morgan fingerprint density at radius 2 is 2.00 bits per heavy atom. The smallest absolute Gasteiger partial charge is 0.222 e. The SMILES string of the molecule is CNC(=O)C1CCN(c2nc(-c3ccc(F)cc3)cs2)CC1. The summed E-state index contributed by atoms with van der Waals surface area (Å²) >= 11 is 1.59. The van der Waals surface area contributed by atoms with E-state index in [1.807, 2.05) is 5.38 Å². The maximum atomic E-state index is 13.0. The molecule has 1 aromatic heterocycles. The lowest BCUT2D eigenvalue weighted by Gasteiger charge is -2.30. The number of carbonyl (C=O) groups is 1. The van der Waals surface area contributed by atoms with Crippen molar-refractivity contribution in [1.29, 1.82) is 0 Å². The number of rotatable bonds is 3. The Balaban J connectivity index is 1.67. The minimum Gasteiger partial charge on any atom is -0.359 e.